The standard InChI is InChI=1S/C20H19N3O2/c1-14-8-9-17(15(2)12-14)21-19(24)13-23-20(25)11-10-18(22-23)16-6-4-3-5-7-16/h3-12H,13H2,1-2H3,(H,21,24). The van der Waals surface area contributed by atoms with E-state index in [0.29, 0.717) is 5.69 Å². The van der Waals surface area contributed by atoms with Crippen LogP contribution in [0.3, 0.4) is 0 Å². The van der Waals surface area contributed by atoms with Crippen molar-refractivity contribution in [1.82, 2.24) is 9.78 Å². The number of rotatable bonds is 4. The largest absolute Gasteiger partial charge is 0.324 e. The van der Waals surface area contributed by atoms with Crippen molar-refractivity contribution in [2.24, 2.45) is 0 Å². The van der Waals surface area contributed by atoms with Gasteiger partial charge < -0.3 is 5.32 Å². The van der Waals surface area contributed by atoms with Gasteiger partial charge in [0.2, 0.25) is 5.91 Å². The van der Waals surface area contributed by atoms with Crippen molar-refractivity contribution in [3.8, 4) is 11.3 Å². The van der Waals surface area contributed by atoms with Gasteiger partial charge in [0.15, 0.2) is 0 Å². The predicted molar refractivity (Wildman–Crippen MR) is 98.5 cm³/mol. The van der Waals surface area contributed by atoms with Crippen LogP contribution in [0.4, 0.5) is 5.69 Å². The first kappa shape index (κ1) is 16.6. The molecule has 0 saturated heterocycles. The van der Waals surface area contributed by atoms with Gasteiger partial charge in [-0.1, -0.05) is 48.0 Å². The second-order valence-electron chi connectivity index (χ2n) is 5.95. The fourth-order valence-corrected chi connectivity index (χ4v) is 2.60. The van der Waals surface area contributed by atoms with Crippen LogP contribution in [0.2, 0.25) is 0 Å². The van der Waals surface area contributed by atoms with Gasteiger partial charge in [-0.2, -0.15) is 5.10 Å². The minimum Gasteiger partial charge on any atom is -0.324 e. The highest BCUT2D eigenvalue weighted by Crippen LogP contribution is 2.16. The summed E-state index contributed by atoms with van der Waals surface area (Å²) in [7, 11) is 0. The maximum absolute atomic E-state index is 12.3. The summed E-state index contributed by atoms with van der Waals surface area (Å²) >= 11 is 0. The van der Waals surface area contributed by atoms with Crippen LogP contribution >= 0.6 is 0 Å². The molecule has 1 amide bonds. The fraction of sp³-hybridized carbons (Fsp3) is 0.150. The summed E-state index contributed by atoms with van der Waals surface area (Å²) in [5.74, 6) is -0.285. The van der Waals surface area contributed by atoms with E-state index in [1.807, 2.05) is 62.4 Å². The zero-order valence-electron chi connectivity index (χ0n) is 14.2. The lowest BCUT2D eigenvalue weighted by atomic mass is 10.1. The van der Waals surface area contributed by atoms with Gasteiger partial charge >= 0.3 is 0 Å². The first-order valence-electron chi connectivity index (χ1n) is 8.03. The Kier molecular flexibility index (Phi) is 4.75. The van der Waals surface area contributed by atoms with Crippen LogP contribution in [-0.4, -0.2) is 15.7 Å². The van der Waals surface area contributed by atoms with Crippen molar-refractivity contribution in [2.75, 3.05) is 5.32 Å². The quantitative estimate of drug-likeness (QED) is 0.797. The lowest BCUT2D eigenvalue weighted by Crippen LogP contribution is -2.29. The second-order valence-corrected chi connectivity index (χ2v) is 5.95. The van der Waals surface area contributed by atoms with Gasteiger partial charge in [-0.05, 0) is 31.5 Å². The van der Waals surface area contributed by atoms with E-state index >= 15 is 0 Å². The number of hydrogen-bond donors (Lipinski definition) is 1. The third-order valence-corrected chi connectivity index (χ3v) is 3.89. The number of carbonyl (C=O) groups excluding carboxylic acids is 1. The van der Waals surface area contributed by atoms with Crippen LogP contribution in [-0.2, 0) is 11.3 Å². The van der Waals surface area contributed by atoms with Crippen molar-refractivity contribution < 1.29 is 4.79 Å². The molecule has 5 heteroatoms. The first-order valence-corrected chi connectivity index (χ1v) is 8.03. The summed E-state index contributed by atoms with van der Waals surface area (Å²) < 4.78 is 1.18. The predicted octanol–water partition coefficient (Wildman–Crippen LogP) is 3.17. The number of benzene rings is 2. The molecule has 1 aromatic heterocycles. The maximum Gasteiger partial charge on any atom is 0.267 e. The molecule has 0 fully saturated rings. The molecule has 5 nitrogen and oxygen atoms in total. The molecular weight excluding hydrogens is 314 g/mol. The molecule has 2 aromatic carbocycles. The molecule has 0 saturated carbocycles. The number of nitrogens with zero attached hydrogens (tertiary/aromatic N) is 2. The molecule has 126 valence electrons. The van der Waals surface area contributed by atoms with E-state index in [1.54, 1.807) is 6.07 Å². The van der Waals surface area contributed by atoms with Crippen molar-refractivity contribution in [3.05, 3.63) is 82.1 Å². The van der Waals surface area contributed by atoms with Crippen molar-refractivity contribution in [3.63, 3.8) is 0 Å². The van der Waals surface area contributed by atoms with Gasteiger partial charge in [-0.3, -0.25) is 9.59 Å². The molecular formula is C20H19N3O2. The molecule has 0 spiro atoms. The van der Waals surface area contributed by atoms with Crippen molar-refractivity contribution in [1.29, 1.82) is 0 Å². The molecule has 0 bridgehead atoms. The summed E-state index contributed by atoms with van der Waals surface area (Å²) in [6.07, 6.45) is 0. The fourth-order valence-electron chi connectivity index (χ4n) is 2.60. The van der Waals surface area contributed by atoms with Gasteiger partial charge in [-0.15, -0.1) is 0 Å². The van der Waals surface area contributed by atoms with E-state index in [1.165, 1.54) is 10.7 Å². The highest BCUT2D eigenvalue weighted by atomic mass is 16.2. The number of amides is 1. The summed E-state index contributed by atoms with van der Waals surface area (Å²) in [6, 6.07) is 18.4. The summed E-state index contributed by atoms with van der Waals surface area (Å²) in [4.78, 5) is 24.3. The van der Waals surface area contributed by atoms with Gasteiger partial charge in [-0.25, -0.2) is 4.68 Å². The van der Waals surface area contributed by atoms with Crippen LogP contribution in [0.1, 0.15) is 11.1 Å². The first-order chi connectivity index (χ1) is 12.0. The number of carbonyl (C=O) groups is 1. The zero-order chi connectivity index (χ0) is 17.8. The van der Waals surface area contributed by atoms with Crippen LogP contribution in [0.15, 0.2) is 65.5 Å². The van der Waals surface area contributed by atoms with Gasteiger partial charge in [0, 0.05) is 17.3 Å². The number of hydrogen-bond acceptors (Lipinski definition) is 3. The average Bonchev–Trinajstić information content (AvgIpc) is 2.60. The van der Waals surface area contributed by atoms with Crippen molar-refractivity contribution >= 4 is 11.6 Å². The molecule has 1 N–H and O–H groups in total. The summed E-state index contributed by atoms with van der Waals surface area (Å²) in [5, 5.41) is 7.14. The Morgan fingerprint density at radius 3 is 2.52 bits per heavy atom. The Bertz CT molecular complexity index is 962. The third-order valence-electron chi connectivity index (χ3n) is 3.89. The number of aryl methyl sites for hydroxylation is 2. The molecule has 0 radical (unpaired) electrons. The van der Waals surface area contributed by atoms with Crippen LogP contribution in [0.25, 0.3) is 11.3 Å². The normalized spacial score (nSPS) is 10.5. The number of anilines is 1. The van der Waals surface area contributed by atoms with E-state index < -0.39 is 0 Å². The van der Waals surface area contributed by atoms with Crippen LogP contribution in [0.5, 0.6) is 0 Å². The molecule has 1 heterocycles. The second kappa shape index (κ2) is 7.13. The SMILES string of the molecule is Cc1ccc(NC(=O)Cn2nc(-c3ccccc3)ccc2=O)c(C)c1. The molecule has 0 aliphatic carbocycles. The minimum absolute atomic E-state index is 0.132. The lowest BCUT2D eigenvalue weighted by Gasteiger charge is -2.10. The van der Waals surface area contributed by atoms with E-state index in [-0.39, 0.29) is 18.0 Å². The highest BCUT2D eigenvalue weighted by Gasteiger charge is 2.09. The molecule has 25 heavy (non-hydrogen) atoms. The van der Waals surface area contributed by atoms with E-state index in [9.17, 15) is 9.59 Å². The Balaban J connectivity index is 1.80. The molecule has 0 unspecified atom stereocenters. The number of nitrogens with one attached hydrogen (secondary N) is 1. The van der Waals surface area contributed by atoms with E-state index in [4.69, 9.17) is 0 Å². The minimum atomic E-state index is -0.310. The molecule has 0 aliphatic rings. The topological polar surface area (TPSA) is 64.0 Å². The van der Waals surface area contributed by atoms with Crippen LogP contribution < -0.4 is 10.9 Å². The molecule has 0 aliphatic heterocycles. The van der Waals surface area contributed by atoms with E-state index in [2.05, 4.69) is 10.4 Å². The average molecular weight is 333 g/mol. The van der Waals surface area contributed by atoms with Crippen molar-refractivity contribution in [2.45, 2.75) is 20.4 Å². The molecule has 0 atom stereocenters. The molecule has 3 rings (SSSR count). The zero-order valence-corrected chi connectivity index (χ0v) is 14.2. The number of aromatic nitrogens is 2. The maximum atomic E-state index is 12.3. The summed E-state index contributed by atoms with van der Waals surface area (Å²) in [6.45, 7) is 3.80. The van der Waals surface area contributed by atoms with Crippen LogP contribution in [0, 0.1) is 13.8 Å². The summed E-state index contributed by atoms with van der Waals surface area (Å²) in [5.41, 5.74) is 4.08. The lowest BCUT2D eigenvalue weighted by molar-refractivity contribution is -0.117. The Labute approximate surface area is 145 Å². The smallest absolute Gasteiger partial charge is 0.267 e. The Hall–Kier alpha value is -3.21. The van der Waals surface area contributed by atoms with Gasteiger partial charge in [0.05, 0.1) is 5.69 Å². The monoisotopic (exact) mass is 333 g/mol. The Morgan fingerprint density at radius 1 is 1.04 bits per heavy atom. The highest BCUT2D eigenvalue weighted by molar-refractivity contribution is 5.91. The Morgan fingerprint density at radius 2 is 1.80 bits per heavy atom. The third kappa shape index (κ3) is 4.01. The molecule has 3 aromatic rings. The van der Waals surface area contributed by atoms with Gasteiger partial charge in [0.1, 0.15) is 6.54 Å². The van der Waals surface area contributed by atoms with Gasteiger partial charge in [0.25, 0.3) is 5.56 Å². The van der Waals surface area contributed by atoms with E-state index in [0.717, 1.165) is 22.4 Å².